The predicted molar refractivity (Wildman–Crippen MR) is 112 cm³/mol. The van der Waals surface area contributed by atoms with Crippen molar-refractivity contribution in [1.29, 1.82) is 0 Å². The number of methoxy groups -OCH3 is 1. The minimum absolute atomic E-state index is 0.00323. The van der Waals surface area contributed by atoms with Gasteiger partial charge in [-0.2, -0.15) is 0 Å². The van der Waals surface area contributed by atoms with Crippen LogP contribution in [0.2, 0.25) is 0 Å². The third-order valence-electron chi connectivity index (χ3n) is 5.72. The smallest absolute Gasteiger partial charge is 0.226 e. The molecule has 5 heteroatoms. The fourth-order valence-electron chi connectivity index (χ4n) is 4.17. The molecule has 2 heterocycles. The van der Waals surface area contributed by atoms with E-state index in [9.17, 15) is 4.79 Å². The van der Waals surface area contributed by atoms with Crippen LogP contribution in [0, 0.1) is 12.8 Å². The Hall–Kier alpha value is -2.79. The number of nitrogens with one attached hydrogen (secondary N) is 1. The molecule has 4 rings (SSSR count). The van der Waals surface area contributed by atoms with Crippen LogP contribution >= 0.6 is 0 Å². The van der Waals surface area contributed by atoms with Crippen LogP contribution in [0.5, 0.6) is 5.75 Å². The molecular weight excluding hydrogens is 366 g/mol. The van der Waals surface area contributed by atoms with Crippen molar-refractivity contribution in [2.45, 2.75) is 38.8 Å². The number of ether oxygens (including phenoxy) is 2. The minimum Gasteiger partial charge on any atom is -0.497 e. The van der Waals surface area contributed by atoms with E-state index in [4.69, 9.17) is 13.9 Å². The number of fused-ring (bicyclic) bond motifs is 1. The zero-order valence-corrected chi connectivity index (χ0v) is 17.1. The summed E-state index contributed by atoms with van der Waals surface area (Å²) in [4.78, 5) is 13.1. The van der Waals surface area contributed by atoms with Gasteiger partial charge in [-0.1, -0.05) is 30.3 Å². The number of hydrogen-bond acceptors (Lipinski definition) is 4. The summed E-state index contributed by atoms with van der Waals surface area (Å²) in [6, 6.07) is 15.5. The first-order valence-corrected chi connectivity index (χ1v) is 10.1. The summed E-state index contributed by atoms with van der Waals surface area (Å²) in [5.41, 5.74) is 2.86. The highest BCUT2D eigenvalue weighted by atomic mass is 16.5. The lowest BCUT2D eigenvalue weighted by molar-refractivity contribution is -0.135. The van der Waals surface area contributed by atoms with Gasteiger partial charge in [0.2, 0.25) is 5.91 Å². The molecule has 29 heavy (non-hydrogen) atoms. The van der Waals surface area contributed by atoms with Gasteiger partial charge in [0.15, 0.2) is 0 Å². The zero-order chi connectivity index (χ0) is 20.4. The van der Waals surface area contributed by atoms with Crippen LogP contribution in [0.1, 0.15) is 48.8 Å². The molecule has 3 atom stereocenters. The second kappa shape index (κ2) is 8.29. The van der Waals surface area contributed by atoms with Crippen molar-refractivity contribution in [2.75, 3.05) is 13.7 Å². The first-order valence-electron chi connectivity index (χ1n) is 10.1. The summed E-state index contributed by atoms with van der Waals surface area (Å²) in [5.74, 6) is 1.35. The molecule has 1 aliphatic heterocycles. The lowest BCUT2D eigenvalue weighted by Gasteiger charge is -2.32. The molecule has 5 nitrogen and oxygen atoms in total. The highest BCUT2D eigenvalue weighted by Gasteiger charge is 2.34. The molecule has 1 amide bonds. The second-order valence-corrected chi connectivity index (χ2v) is 7.63. The summed E-state index contributed by atoms with van der Waals surface area (Å²) in [5, 5.41) is 4.16. The molecule has 0 bridgehead atoms. The number of rotatable bonds is 5. The maximum Gasteiger partial charge on any atom is 0.226 e. The summed E-state index contributed by atoms with van der Waals surface area (Å²) in [7, 11) is 1.65. The molecule has 1 aliphatic rings. The molecule has 0 saturated carbocycles. The highest BCUT2D eigenvalue weighted by molar-refractivity contribution is 5.84. The third kappa shape index (κ3) is 3.87. The van der Waals surface area contributed by atoms with Gasteiger partial charge in [-0.25, -0.2) is 0 Å². The molecule has 1 fully saturated rings. The van der Waals surface area contributed by atoms with Gasteiger partial charge in [0.25, 0.3) is 0 Å². The average Bonchev–Trinajstić information content (AvgIpc) is 3.10. The number of aryl methyl sites for hydroxylation is 1. The molecule has 0 spiro atoms. The summed E-state index contributed by atoms with van der Waals surface area (Å²) in [6.07, 6.45) is 1.49. The first kappa shape index (κ1) is 19.5. The van der Waals surface area contributed by atoms with Gasteiger partial charge in [0.05, 0.1) is 25.2 Å². The Labute approximate surface area is 171 Å². The maximum absolute atomic E-state index is 13.1. The van der Waals surface area contributed by atoms with E-state index in [1.165, 1.54) is 0 Å². The van der Waals surface area contributed by atoms with E-state index in [0.29, 0.717) is 6.61 Å². The molecule has 3 aromatic rings. The summed E-state index contributed by atoms with van der Waals surface area (Å²) in [6.45, 7) is 4.66. The number of carbonyl (C=O) groups excluding carboxylic acids is 1. The van der Waals surface area contributed by atoms with E-state index in [1.54, 1.807) is 7.11 Å². The van der Waals surface area contributed by atoms with Crippen LogP contribution in [-0.2, 0) is 9.53 Å². The summed E-state index contributed by atoms with van der Waals surface area (Å²) >= 11 is 0. The van der Waals surface area contributed by atoms with E-state index in [1.807, 2.05) is 62.4 Å². The van der Waals surface area contributed by atoms with Gasteiger partial charge in [0.1, 0.15) is 17.1 Å². The molecule has 1 aromatic heterocycles. The molecule has 152 valence electrons. The molecule has 2 aromatic carbocycles. The van der Waals surface area contributed by atoms with Gasteiger partial charge in [0, 0.05) is 17.6 Å². The van der Waals surface area contributed by atoms with Crippen molar-refractivity contribution >= 4 is 16.9 Å². The van der Waals surface area contributed by atoms with Gasteiger partial charge in [-0.05, 0) is 50.5 Å². The van der Waals surface area contributed by atoms with E-state index < -0.39 is 0 Å². The van der Waals surface area contributed by atoms with Crippen LogP contribution in [0.3, 0.4) is 0 Å². The predicted octanol–water partition coefficient (Wildman–Crippen LogP) is 5.09. The van der Waals surface area contributed by atoms with Crippen LogP contribution in [0.4, 0.5) is 0 Å². The highest BCUT2D eigenvalue weighted by Crippen LogP contribution is 2.35. The fourth-order valence-corrected chi connectivity index (χ4v) is 4.17. The fraction of sp³-hybridized carbons (Fsp3) is 0.375. The number of carbonyl (C=O) groups is 1. The van der Waals surface area contributed by atoms with Crippen molar-refractivity contribution < 1.29 is 18.7 Å². The number of amides is 1. The maximum atomic E-state index is 13.1. The standard InChI is InChI=1S/C24H27NO4/c1-15-20-14-18(27-3)11-12-21(20)29-22(15)16(2)25-24(26)19-10-7-13-28-23(19)17-8-5-4-6-9-17/h4-6,8-9,11-12,14,16,19,23H,7,10,13H2,1-3H3,(H,25,26)/t16-,19-,23+/m0/s1. The van der Waals surface area contributed by atoms with Gasteiger partial charge >= 0.3 is 0 Å². The van der Waals surface area contributed by atoms with Gasteiger partial charge in [-0.15, -0.1) is 0 Å². The Morgan fingerprint density at radius 1 is 1.21 bits per heavy atom. The van der Waals surface area contributed by atoms with E-state index >= 15 is 0 Å². The van der Waals surface area contributed by atoms with Crippen molar-refractivity contribution in [3.63, 3.8) is 0 Å². The summed E-state index contributed by atoms with van der Waals surface area (Å²) < 4.78 is 17.4. The monoisotopic (exact) mass is 393 g/mol. The Bertz CT molecular complexity index is 995. The third-order valence-corrected chi connectivity index (χ3v) is 5.72. The van der Waals surface area contributed by atoms with Crippen LogP contribution < -0.4 is 10.1 Å². The van der Waals surface area contributed by atoms with E-state index in [2.05, 4.69) is 5.32 Å². The molecular formula is C24H27NO4. The Kier molecular flexibility index (Phi) is 5.58. The van der Waals surface area contributed by atoms with Gasteiger partial charge in [-0.3, -0.25) is 4.79 Å². The van der Waals surface area contributed by atoms with Crippen molar-refractivity contribution in [2.24, 2.45) is 5.92 Å². The van der Waals surface area contributed by atoms with E-state index in [-0.39, 0.29) is 24.0 Å². The van der Waals surface area contributed by atoms with Crippen LogP contribution in [-0.4, -0.2) is 19.6 Å². The molecule has 1 saturated heterocycles. The second-order valence-electron chi connectivity index (χ2n) is 7.63. The molecule has 1 N–H and O–H groups in total. The van der Waals surface area contributed by atoms with Crippen LogP contribution in [0.15, 0.2) is 52.9 Å². The SMILES string of the molecule is COc1ccc2oc([C@H](C)NC(=O)[C@H]3CCCO[C@@H]3c3ccccc3)c(C)c2c1. The van der Waals surface area contributed by atoms with Crippen molar-refractivity contribution in [3.05, 3.63) is 65.4 Å². The lowest BCUT2D eigenvalue weighted by Crippen LogP contribution is -2.38. The average molecular weight is 393 g/mol. The number of benzene rings is 2. The van der Waals surface area contributed by atoms with Gasteiger partial charge < -0.3 is 19.2 Å². The topological polar surface area (TPSA) is 60.7 Å². The normalized spacial score (nSPS) is 20.4. The largest absolute Gasteiger partial charge is 0.497 e. The molecule has 0 aliphatic carbocycles. The van der Waals surface area contributed by atoms with Crippen LogP contribution in [0.25, 0.3) is 11.0 Å². The minimum atomic E-state index is -0.237. The lowest BCUT2D eigenvalue weighted by atomic mass is 9.88. The molecule has 0 radical (unpaired) electrons. The molecule has 0 unspecified atom stereocenters. The van der Waals surface area contributed by atoms with Crippen molar-refractivity contribution in [1.82, 2.24) is 5.32 Å². The zero-order valence-electron chi connectivity index (χ0n) is 17.1. The number of hydrogen-bond donors (Lipinski definition) is 1. The van der Waals surface area contributed by atoms with Crippen molar-refractivity contribution in [3.8, 4) is 5.75 Å². The Morgan fingerprint density at radius 2 is 2.00 bits per heavy atom. The Morgan fingerprint density at radius 3 is 2.76 bits per heavy atom. The Balaban J connectivity index is 1.54. The first-order chi connectivity index (χ1) is 14.1. The van der Waals surface area contributed by atoms with E-state index in [0.717, 1.165) is 46.4 Å². The number of furan rings is 1. The quantitative estimate of drug-likeness (QED) is 0.655.